The first-order valence-corrected chi connectivity index (χ1v) is 6.60. The number of hydrazine groups is 2. The van der Waals surface area contributed by atoms with Crippen molar-refractivity contribution < 1.29 is 19.2 Å². The van der Waals surface area contributed by atoms with E-state index in [0.29, 0.717) is 19.4 Å². The van der Waals surface area contributed by atoms with E-state index in [1.165, 1.54) is 23.9 Å². The fourth-order valence-electron chi connectivity index (χ4n) is 2.54. The van der Waals surface area contributed by atoms with Crippen LogP contribution in [0, 0.1) is 0 Å². The van der Waals surface area contributed by atoms with Gasteiger partial charge in [0.25, 0.3) is 0 Å². The molecule has 4 amide bonds. The number of ketones is 1. The number of nitrogens with one attached hydrogen (secondary N) is 1. The Hall–Kier alpha value is -2.12. The Morgan fingerprint density at radius 1 is 1.20 bits per heavy atom. The van der Waals surface area contributed by atoms with Crippen LogP contribution < -0.4 is 5.43 Å². The maximum atomic E-state index is 12.5. The smallest absolute Gasteiger partial charge is 0.298 e. The molecule has 2 saturated heterocycles. The van der Waals surface area contributed by atoms with Crippen LogP contribution >= 0.6 is 0 Å². The molecule has 20 heavy (non-hydrogen) atoms. The number of nitrogens with zero attached hydrogens (tertiary/aromatic N) is 3. The van der Waals surface area contributed by atoms with E-state index >= 15 is 0 Å². The lowest BCUT2D eigenvalue weighted by atomic mass is 10.0. The fourth-order valence-corrected chi connectivity index (χ4v) is 2.54. The minimum atomic E-state index is -0.644. The summed E-state index contributed by atoms with van der Waals surface area (Å²) in [6.45, 7) is 3.22. The molecule has 1 unspecified atom stereocenters. The Balaban J connectivity index is 2.31. The molecule has 8 nitrogen and oxygen atoms in total. The first-order valence-electron chi connectivity index (χ1n) is 6.60. The van der Waals surface area contributed by atoms with Gasteiger partial charge in [-0.25, -0.2) is 19.8 Å². The zero-order valence-electron chi connectivity index (χ0n) is 11.6. The third-order valence-corrected chi connectivity index (χ3v) is 3.43. The van der Waals surface area contributed by atoms with E-state index in [9.17, 15) is 19.2 Å². The molecule has 0 spiro atoms. The Morgan fingerprint density at radius 2 is 1.90 bits per heavy atom. The highest BCUT2D eigenvalue weighted by Crippen LogP contribution is 2.23. The van der Waals surface area contributed by atoms with Crippen molar-refractivity contribution in [1.29, 1.82) is 0 Å². The zero-order valence-corrected chi connectivity index (χ0v) is 11.6. The first-order chi connectivity index (χ1) is 9.41. The Morgan fingerprint density at radius 3 is 2.50 bits per heavy atom. The monoisotopic (exact) mass is 282 g/mol. The number of rotatable bonds is 2. The van der Waals surface area contributed by atoms with Crippen molar-refractivity contribution in [2.75, 3.05) is 13.1 Å². The van der Waals surface area contributed by atoms with Gasteiger partial charge in [0, 0.05) is 19.9 Å². The van der Waals surface area contributed by atoms with E-state index < -0.39 is 18.0 Å². The third kappa shape index (κ3) is 2.59. The molecule has 0 radical (unpaired) electrons. The quantitative estimate of drug-likeness (QED) is 0.750. The molecule has 2 fully saturated rings. The third-order valence-electron chi connectivity index (χ3n) is 3.43. The number of hydrogen-bond acceptors (Lipinski definition) is 4. The molecule has 110 valence electrons. The van der Waals surface area contributed by atoms with Gasteiger partial charge in [0.15, 0.2) is 5.78 Å². The van der Waals surface area contributed by atoms with E-state index in [1.54, 1.807) is 0 Å². The summed E-state index contributed by atoms with van der Waals surface area (Å²) in [6.07, 6.45) is 1.33. The summed E-state index contributed by atoms with van der Waals surface area (Å²) < 4.78 is 0. The highest BCUT2D eigenvalue weighted by atomic mass is 16.2. The molecule has 0 aromatic carbocycles. The molecule has 1 N–H and O–H groups in total. The standard InChI is InChI=1S/C12H18N4O4/c1-8(17)10-4-3-6-15-11(19)5-7-14(13-9(2)18)12(20)16(10)15/h10H,3-7H2,1-2H3,(H,13,18). The van der Waals surface area contributed by atoms with Gasteiger partial charge in [-0.05, 0) is 19.8 Å². The predicted molar refractivity (Wildman–Crippen MR) is 67.8 cm³/mol. The Bertz CT molecular complexity index is 464. The molecular weight excluding hydrogens is 264 g/mol. The van der Waals surface area contributed by atoms with Crippen LogP contribution in [0.15, 0.2) is 0 Å². The van der Waals surface area contributed by atoms with Crippen molar-refractivity contribution in [3.05, 3.63) is 0 Å². The number of fused-ring (bicyclic) bond motifs is 1. The van der Waals surface area contributed by atoms with Crippen LogP contribution in [0.4, 0.5) is 4.79 Å². The minimum Gasteiger partial charge on any atom is -0.298 e. The molecule has 0 saturated carbocycles. The molecule has 0 aromatic heterocycles. The number of carbonyl (C=O) groups excluding carboxylic acids is 4. The van der Waals surface area contributed by atoms with Gasteiger partial charge in [0.2, 0.25) is 11.8 Å². The molecule has 8 heteroatoms. The molecule has 2 rings (SSSR count). The molecule has 1 atom stereocenters. The Kier molecular flexibility index (Phi) is 3.91. The van der Waals surface area contributed by atoms with Crippen molar-refractivity contribution in [2.45, 2.75) is 39.2 Å². The van der Waals surface area contributed by atoms with E-state index in [4.69, 9.17) is 0 Å². The first kappa shape index (κ1) is 14.3. The van der Waals surface area contributed by atoms with E-state index in [-0.39, 0.29) is 24.7 Å². The number of urea groups is 1. The lowest BCUT2D eigenvalue weighted by Crippen LogP contribution is -2.62. The van der Waals surface area contributed by atoms with Gasteiger partial charge >= 0.3 is 6.03 Å². The van der Waals surface area contributed by atoms with Crippen molar-refractivity contribution in [3.63, 3.8) is 0 Å². The average Bonchev–Trinajstić information content (AvgIpc) is 2.50. The van der Waals surface area contributed by atoms with E-state index in [1.807, 2.05) is 0 Å². The maximum Gasteiger partial charge on any atom is 0.358 e. The summed E-state index contributed by atoms with van der Waals surface area (Å²) in [6, 6.07) is -1.18. The lowest BCUT2D eigenvalue weighted by molar-refractivity contribution is -0.153. The number of hydrogen-bond donors (Lipinski definition) is 1. The van der Waals surface area contributed by atoms with E-state index in [0.717, 1.165) is 5.01 Å². The maximum absolute atomic E-state index is 12.5. The molecule has 2 heterocycles. The summed E-state index contributed by atoms with van der Waals surface area (Å²) in [5.41, 5.74) is 2.40. The molecule has 2 aliphatic heterocycles. The van der Waals surface area contributed by atoms with Gasteiger partial charge < -0.3 is 0 Å². The SMILES string of the molecule is CC(=O)NN1CCC(=O)N2CCCC(C(C)=O)N2C1=O. The summed E-state index contributed by atoms with van der Waals surface area (Å²) in [5.74, 6) is -0.770. The summed E-state index contributed by atoms with van der Waals surface area (Å²) in [5, 5.41) is 3.62. The van der Waals surface area contributed by atoms with Crippen LogP contribution in [0.1, 0.15) is 33.1 Å². The number of Topliss-reactive ketones (excluding diaryl/α,β-unsaturated/α-hetero) is 1. The predicted octanol–water partition coefficient (Wildman–Crippen LogP) is -0.340. The molecule has 0 aliphatic carbocycles. The van der Waals surface area contributed by atoms with Gasteiger partial charge in [-0.3, -0.25) is 19.8 Å². The van der Waals surface area contributed by atoms with Crippen LogP contribution in [0.2, 0.25) is 0 Å². The molecule has 0 bridgehead atoms. The lowest BCUT2D eigenvalue weighted by Gasteiger charge is -2.42. The highest BCUT2D eigenvalue weighted by molar-refractivity contribution is 5.91. The van der Waals surface area contributed by atoms with Gasteiger partial charge in [-0.15, -0.1) is 0 Å². The number of amides is 4. The number of carbonyl (C=O) groups is 4. The Labute approximate surface area is 116 Å². The second-order valence-corrected chi connectivity index (χ2v) is 4.98. The van der Waals surface area contributed by atoms with Crippen molar-refractivity contribution in [3.8, 4) is 0 Å². The topological polar surface area (TPSA) is 90.0 Å². The van der Waals surface area contributed by atoms with Crippen LogP contribution in [0.3, 0.4) is 0 Å². The minimum absolute atomic E-state index is 0.106. The van der Waals surface area contributed by atoms with Crippen LogP contribution in [-0.2, 0) is 14.4 Å². The van der Waals surface area contributed by atoms with Crippen molar-refractivity contribution in [1.82, 2.24) is 20.5 Å². The molecule has 2 aliphatic rings. The largest absolute Gasteiger partial charge is 0.358 e. The van der Waals surface area contributed by atoms with Crippen molar-refractivity contribution in [2.24, 2.45) is 0 Å². The van der Waals surface area contributed by atoms with Crippen LogP contribution in [0.5, 0.6) is 0 Å². The van der Waals surface area contributed by atoms with E-state index in [2.05, 4.69) is 5.43 Å². The van der Waals surface area contributed by atoms with Gasteiger partial charge in [0.05, 0.1) is 6.54 Å². The summed E-state index contributed by atoms with van der Waals surface area (Å²) >= 11 is 0. The second-order valence-electron chi connectivity index (χ2n) is 4.98. The second kappa shape index (κ2) is 5.48. The van der Waals surface area contributed by atoms with Crippen LogP contribution in [-0.4, -0.2) is 57.8 Å². The van der Waals surface area contributed by atoms with Gasteiger partial charge in [-0.2, -0.15) is 0 Å². The van der Waals surface area contributed by atoms with Crippen molar-refractivity contribution >= 4 is 23.6 Å². The van der Waals surface area contributed by atoms with Gasteiger partial charge in [-0.1, -0.05) is 0 Å². The zero-order chi connectivity index (χ0) is 14.9. The highest BCUT2D eigenvalue weighted by Gasteiger charge is 2.42. The summed E-state index contributed by atoms with van der Waals surface area (Å²) in [4.78, 5) is 47.4. The molecule has 0 aromatic rings. The average molecular weight is 282 g/mol. The fraction of sp³-hybridized carbons (Fsp3) is 0.667. The normalized spacial score (nSPS) is 23.3. The van der Waals surface area contributed by atoms with Crippen LogP contribution in [0.25, 0.3) is 0 Å². The summed E-state index contributed by atoms with van der Waals surface area (Å²) in [7, 11) is 0. The molecular formula is C12H18N4O4. The van der Waals surface area contributed by atoms with Gasteiger partial charge in [0.1, 0.15) is 6.04 Å².